The normalized spacial score (nSPS) is 12.2. The van der Waals surface area contributed by atoms with Crippen LogP contribution in [0.25, 0.3) is 11.1 Å². The summed E-state index contributed by atoms with van der Waals surface area (Å²) in [5.74, 6) is 0.912. The fourth-order valence-electron chi connectivity index (χ4n) is 2.37. The van der Waals surface area contributed by atoms with E-state index >= 15 is 0 Å². The molecule has 0 heterocycles. The highest BCUT2D eigenvalue weighted by Crippen LogP contribution is 2.42. The van der Waals surface area contributed by atoms with Gasteiger partial charge in [0.2, 0.25) is 0 Å². The van der Waals surface area contributed by atoms with E-state index in [9.17, 15) is 4.79 Å². The van der Waals surface area contributed by atoms with Crippen LogP contribution >= 0.6 is 0 Å². The van der Waals surface area contributed by atoms with Crippen LogP contribution < -0.4 is 4.74 Å². The van der Waals surface area contributed by atoms with E-state index in [4.69, 9.17) is 4.74 Å². The predicted molar refractivity (Wildman–Crippen MR) is 71.1 cm³/mol. The molecular formula is C16H14O2. The molecule has 0 bridgehead atoms. The Hall–Kier alpha value is -2.09. The van der Waals surface area contributed by atoms with Crippen molar-refractivity contribution < 1.29 is 9.53 Å². The Kier molecular flexibility index (Phi) is 2.63. The fourth-order valence-corrected chi connectivity index (χ4v) is 2.37. The second kappa shape index (κ2) is 4.30. The van der Waals surface area contributed by atoms with Crippen molar-refractivity contribution in [1.82, 2.24) is 0 Å². The summed E-state index contributed by atoms with van der Waals surface area (Å²) in [5.41, 5.74) is 3.47. The van der Waals surface area contributed by atoms with Crippen LogP contribution in [0.5, 0.6) is 5.75 Å². The minimum atomic E-state index is 0.0996. The second-order valence-corrected chi connectivity index (χ2v) is 4.40. The molecule has 0 atom stereocenters. The smallest absolute Gasteiger partial charge is 0.194 e. The number of ether oxygens (including phenoxy) is 1. The molecule has 2 aromatic carbocycles. The van der Waals surface area contributed by atoms with Gasteiger partial charge in [0, 0.05) is 16.7 Å². The van der Waals surface area contributed by atoms with Gasteiger partial charge >= 0.3 is 0 Å². The van der Waals surface area contributed by atoms with Gasteiger partial charge in [-0.25, -0.2) is 0 Å². The maximum absolute atomic E-state index is 12.3. The third kappa shape index (κ3) is 1.53. The van der Waals surface area contributed by atoms with Crippen LogP contribution in [0, 0.1) is 0 Å². The molecule has 2 heteroatoms. The Morgan fingerprint density at radius 2 is 1.67 bits per heavy atom. The molecule has 0 radical (unpaired) electrons. The Morgan fingerprint density at radius 3 is 2.44 bits per heavy atom. The number of benzene rings is 2. The SMILES string of the molecule is CCCOc1cccc2c1-c1ccccc1C2=O. The third-order valence-corrected chi connectivity index (χ3v) is 3.17. The molecule has 0 aromatic heterocycles. The first-order valence-electron chi connectivity index (χ1n) is 6.23. The molecule has 90 valence electrons. The van der Waals surface area contributed by atoms with E-state index in [1.807, 2.05) is 42.5 Å². The standard InChI is InChI=1S/C16H14O2/c1-2-10-18-14-9-5-8-13-15(14)11-6-3-4-7-12(11)16(13)17/h3-9H,2,10H2,1H3. The summed E-state index contributed by atoms with van der Waals surface area (Å²) in [6.07, 6.45) is 0.958. The topological polar surface area (TPSA) is 26.3 Å². The highest BCUT2D eigenvalue weighted by molar-refractivity contribution is 6.22. The molecule has 18 heavy (non-hydrogen) atoms. The van der Waals surface area contributed by atoms with Gasteiger partial charge in [-0.3, -0.25) is 4.79 Å². The quantitative estimate of drug-likeness (QED) is 0.695. The van der Waals surface area contributed by atoms with Gasteiger partial charge in [0.05, 0.1) is 6.61 Å². The summed E-state index contributed by atoms with van der Waals surface area (Å²) < 4.78 is 5.75. The van der Waals surface area contributed by atoms with E-state index in [1.165, 1.54) is 0 Å². The molecule has 0 saturated carbocycles. The Bertz CT molecular complexity index is 614. The highest BCUT2D eigenvalue weighted by atomic mass is 16.5. The van der Waals surface area contributed by atoms with Crippen molar-refractivity contribution in [1.29, 1.82) is 0 Å². The molecule has 0 N–H and O–H groups in total. The summed E-state index contributed by atoms with van der Waals surface area (Å²) in [4.78, 5) is 12.3. The van der Waals surface area contributed by atoms with Gasteiger partial charge in [0.25, 0.3) is 0 Å². The minimum absolute atomic E-state index is 0.0996. The van der Waals surface area contributed by atoms with Crippen molar-refractivity contribution in [3.05, 3.63) is 53.6 Å². The number of rotatable bonds is 3. The average Bonchev–Trinajstić information content (AvgIpc) is 2.71. The molecule has 1 aliphatic rings. The lowest BCUT2D eigenvalue weighted by molar-refractivity contribution is 0.104. The monoisotopic (exact) mass is 238 g/mol. The van der Waals surface area contributed by atoms with Crippen LogP contribution in [0.3, 0.4) is 0 Å². The molecule has 2 nitrogen and oxygen atoms in total. The zero-order valence-corrected chi connectivity index (χ0v) is 10.3. The van der Waals surface area contributed by atoms with Gasteiger partial charge in [-0.05, 0) is 18.1 Å². The van der Waals surface area contributed by atoms with E-state index < -0.39 is 0 Å². The van der Waals surface area contributed by atoms with E-state index in [1.54, 1.807) is 0 Å². The van der Waals surface area contributed by atoms with Crippen molar-refractivity contribution in [2.24, 2.45) is 0 Å². The molecule has 0 aliphatic heterocycles. The lowest BCUT2D eigenvalue weighted by atomic mass is 10.1. The van der Waals surface area contributed by atoms with Crippen LogP contribution in [-0.4, -0.2) is 12.4 Å². The summed E-state index contributed by atoms with van der Waals surface area (Å²) in [6, 6.07) is 13.4. The van der Waals surface area contributed by atoms with Crippen molar-refractivity contribution in [3.63, 3.8) is 0 Å². The molecular weight excluding hydrogens is 224 g/mol. The van der Waals surface area contributed by atoms with Gasteiger partial charge < -0.3 is 4.74 Å². The largest absolute Gasteiger partial charge is 0.493 e. The van der Waals surface area contributed by atoms with Crippen LogP contribution in [0.2, 0.25) is 0 Å². The summed E-state index contributed by atoms with van der Waals surface area (Å²) in [5, 5.41) is 0. The van der Waals surface area contributed by atoms with E-state index in [-0.39, 0.29) is 5.78 Å². The third-order valence-electron chi connectivity index (χ3n) is 3.17. The van der Waals surface area contributed by atoms with Crippen LogP contribution in [0.15, 0.2) is 42.5 Å². The molecule has 0 spiro atoms. The van der Waals surface area contributed by atoms with Gasteiger partial charge in [-0.15, -0.1) is 0 Å². The van der Waals surface area contributed by atoms with Crippen LogP contribution in [0.1, 0.15) is 29.3 Å². The first-order chi connectivity index (χ1) is 8.83. The molecule has 0 saturated heterocycles. The van der Waals surface area contributed by atoms with Gasteiger partial charge in [-0.2, -0.15) is 0 Å². The second-order valence-electron chi connectivity index (χ2n) is 4.40. The Balaban J connectivity index is 2.18. The minimum Gasteiger partial charge on any atom is -0.493 e. The van der Waals surface area contributed by atoms with Crippen molar-refractivity contribution in [2.75, 3.05) is 6.61 Å². The number of carbonyl (C=O) groups is 1. The van der Waals surface area contributed by atoms with E-state index in [0.717, 1.165) is 34.4 Å². The summed E-state index contributed by atoms with van der Waals surface area (Å²) >= 11 is 0. The summed E-state index contributed by atoms with van der Waals surface area (Å²) in [6.45, 7) is 2.75. The molecule has 2 aromatic rings. The number of ketones is 1. The zero-order valence-electron chi connectivity index (χ0n) is 10.3. The van der Waals surface area contributed by atoms with Crippen molar-refractivity contribution in [3.8, 4) is 16.9 Å². The van der Waals surface area contributed by atoms with Crippen molar-refractivity contribution in [2.45, 2.75) is 13.3 Å². The number of carbonyl (C=O) groups excluding carboxylic acids is 1. The molecule has 3 rings (SSSR count). The molecule has 0 unspecified atom stereocenters. The first kappa shape index (κ1) is 11.0. The lowest BCUT2D eigenvalue weighted by Gasteiger charge is -2.09. The van der Waals surface area contributed by atoms with Gasteiger partial charge in [0.1, 0.15) is 5.75 Å². The van der Waals surface area contributed by atoms with Gasteiger partial charge in [-0.1, -0.05) is 43.3 Å². The Labute approximate surface area is 106 Å². The lowest BCUT2D eigenvalue weighted by Crippen LogP contribution is -1.98. The fraction of sp³-hybridized carbons (Fsp3) is 0.188. The maximum atomic E-state index is 12.3. The number of fused-ring (bicyclic) bond motifs is 3. The van der Waals surface area contributed by atoms with Crippen molar-refractivity contribution >= 4 is 5.78 Å². The van der Waals surface area contributed by atoms with Gasteiger partial charge in [0.15, 0.2) is 5.78 Å². The molecule has 1 aliphatic carbocycles. The number of hydrogen-bond donors (Lipinski definition) is 0. The average molecular weight is 238 g/mol. The zero-order chi connectivity index (χ0) is 12.5. The van der Waals surface area contributed by atoms with E-state index in [0.29, 0.717) is 6.61 Å². The number of hydrogen-bond acceptors (Lipinski definition) is 2. The Morgan fingerprint density at radius 1 is 0.944 bits per heavy atom. The highest BCUT2D eigenvalue weighted by Gasteiger charge is 2.28. The van der Waals surface area contributed by atoms with E-state index in [2.05, 4.69) is 6.92 Å². The van der Waals surface area contributed by atoms with Crippen LogP contribution in [0.4, 0.5) is 0 Å². The predicted octanol–water partition coefficient (Wildman–Crippen LogP) is 3.69. The maximum Gasteiger partial charge on any atom is 0.194 e. The molecule has 0 fully saturated rings. The molecule has 0 amide bonds. The first-order valence-corrected chi connectivity index (χ1v) is 6.23. The summed E-state index contributed by atoms with van der Waals surface area (Å²) in [7, 11) is 0. The van der Waals surface area contributed by atoms with Crippen LogP contribution in [-0.2, 0) is 0 Å².